The van der Waals surface area contributed by atoms with E-state index in [9.17, 15) is 9.59 Å². The van der Waals surface area contributed by atoms with Gasteiger partial charge in [-0.15, -0.1) is 0 Å². The third kappa shape index (κ3) is 5.94. The van der Waals surface area contributed by atoms with Crippen LogP contribution in [0.3, 0.4) is 0 Å². The molecule has 1 unspecified atom stereocenters. The molecular weight excluding hydrogens is 346 g/mol. The SMILES string of the molecule is CCOCC(C(=O)OC)N(C)CC(=O)N1CCN(c2cccc(C)c2)CC1. The van der Waals surface area contributed by atoms with Crippen molar-refractivity contribution >= 4 is 17.6 Å². The number of anilines is 1. The Balaban J connectivity index is 1.88. The van der Waals surface area contributed by atoms with Crippen LogP contribution in [0.25, 0.3) is 0 Å². The Hall–Kier alpha value is -2.12. The van der Waals surface area contributed by atoms with Crippen LogP contribution in [-0.4, -0.2) is 87.8 Å². The fourth-order valence-electron chi connectivity index (χ4n) is 3.20. The minimum atomic E-state index is -0.576. The Morgan fingerprint density at radius 3 is 2.52 bits per heavy atom. The number of ether oxygens (including phenoxy) is 2. The van der Waals surface area contributed by atoms with Gasteiger partial charge in [0.2, 0.25) is 5.91 Å². The van der Waals surface area contributed by atoms with Crippen LogP contribution in [-0.2, 0) is 19.1 Å². The number of likely N-dealkylation sites (N-methyl/N-ethyl adjacent to an activating group) is 1. The van der Waals surface area contributed by atoms with Gasteiger partial charge in [-0.2, -0.15) is 0 Å². The van der Waals surface area contributed by atoms with Crippen molar-refractivity contribution in [1.29, 1.82) is 0 Å². The van der Waals surface area contributed by atoms with Crippen molar-refractivity contribution < 1.29 is 19.1 Å². The topological polar surface area (TPSA) is 62.3 Å². The molecule has 1 aromatic carbocycles. The maximum Gasteiger partial charge on any atom is 0.325 e. The molecule has 27 heavy (non-hydrogen) atoms. The van der Waals surface area contributed by atoms with Crippen molar-refractivity contribution in [1.82, 2.24) is 9.80 Å². The molecule has 0 radical (unpaired) electrons. The van der Waals surface area contributed by atoms with Crippen LogP contribution in [0.4, 0.5) is 5.69 Å². The second-order valence-electron chi connectivity index (χ2n) is 6.82. The van der Waals surface area contributed by atoms with Crippen molar-refractivity contribution in [3.63, 3.8) is 0 Å². The number of rotatable bonds is 8. The Bertz CT molecular complexity index is 629. The Morgan fingerprint density at radius 1 is 1.22 bits per heavy atom. The average molecular weight is 377 g/mol. The lowest BCUT2D eigenvalue weighted by molar-refractivity contribution is -0.149. The van der Waals surface area contributed by atoms with Crippen molar-refractivity contribution in [3.8, 4) is 0 Å². The third-order valence-electron chi connectivity index (χ3n) is 4.87. The fraction of sp³-hybridized carbons (Fsp3) is 0.600. The zero-order valence-electron chi connectivity index (χ0n) is 16.8. The van der Waals surface area contributed by atoms with E-state index in [1.807, 2.05) is 11.8 Å². The highest BCUT2D eigenvalue weighted by Crippen LogP contribution is 2.18. The van der Waals surface area contributed by atoms with E-state index in [0.717, 1.165) is 13.1 Å². The molecule has 7 heteroatoms. The fourth-order valence-corrected chi connectivity index (χ4v) is 3.20. The molecule has 1 amide bonds. The van der Waals surface area contributed by atoms with Gasteiger partial charge in [0.25, 0.3) is 0 Å². The first-order valence-corrected chi connectivity index (χ1v) is 9.41. The predicted octanol–water partition coefficient (Wildman–Crippen LogP) is 1.15. The van der Waals surface area contributed by atoms with Gasteiger partial charge >= 0.3 is 5.97 Å². The molecule has 7 nitrogen and oxygen atoms in total. The maximum atomic E-state index is 12.7. The van der Waals surface area contributed by atoms with E-state index in [2.05, 4.69) is 36.1 Å². The molecule has 0 N–H and O–H groups in total. The number of hydrogen-bond acceptors (Lipinski definition) is 6. The minimum absolute atomic E-state index is 0.0202. The highest BCUT2D eigenvalue weighted by molar-refractivity contribution is 5.81. The zero-order chi connectivity index (χ0) is 19.8. The molecule has 1 saturated heterocycles. The number of benzene rings is 1. The first-order valence-electron chi connectivity index (χ1n) is 9.41. The highest BCUT2D eigenvalue weighted by atomic mass is 16.5. The Labute approximate surface area is 161 Å². The molecule has 1 aromatic rings. The number of carbonyl (C=O) groups excluding carboxylic acids is 2. The molecule has 1 atom stereocenters. The summed E-state index contributed by atoms with van der Waals surface area (Å²) in [6.07, 6.45) is 0. The molecular formula is C20H31N3O4. The molecule has 0 saturated carbocycles. The van der Waals surface area contributed by atoms with Crippen LogP contribution < -0.4 is 4.90 Å². The molecule has 0 bridgehead atoms. The van der Waals surface area contributed by atoms with Gasteiger partial charge in [-0.3, -0.25) is 14.5 Å². The zero-order valence-corrected chi connectivity index (χ0v) is 16.8. The molecule has 0 spiro atoms. The first kappa shape index (κ1) is 21.2. The van der Waals surface area contributed by atoms with Crippen LogP contribution in [0.1, 0.15) is 12.5 Å². The van der Waals surface area contributed by atoms with Crippen LogP contribution in [0.5, 0.6) is 0 Å². The van der Waals surface area contributed by atoms with Crippen molar-refractivity contribution in [3.05, 3.63) is 29.8 Å². The average Bonchev–Trinajstić information content (AvgIpc) is 2.68. The normalized spacial score (nSPS) is 15.7. The van der Waals surface area contributed by atoms with Gasteiger partial charge in [0.1, 0.15) is 6.04 Å². The number of esters is 1. The Kier molecular flexibility index (Phi) is 8.06. The van der Waals surface area contributed by atoms with Crippen LogP contribution in [0.2, 0.25) is 0 Å². The lowest BCUT2D eigenvalue weighted by atomic mass is 10.2. The van der Waals surface area contributed by atoms with Crippen LogP contribution >= 0.6 is 0 Å². The summed E-state index contributed by atoms with van der Waals surface area (Å²) in [6.45, 7) is 7.80. The largest absolute Gasteiger partial charge is 0.468 e. The van der Waals surface area contributed by atoms with E-state index in [4.69, 9.17) is 9.47 Å². The number of aryl methyl sites for hydroxylation is 1. The standard InChI is InChI=1S/C20H31N3O4/c1-5-27-15-18(20(25)26-4)21(3)14-19(24)23-11-9-22(10-12-23)17-8-6-7-16(2)13-17/h6-8,13,18H,5,9-12,14-15H2,1-4H3. The second kappa shape index (κ2) is 10.3. The minimum Gasteiger partial charge on any atom is -0.468 e. The molecule has 2 rings (SSSR count). The molecule has 0 aliphatic carbocycles. The van der Waals surface area contributed by atoms with Gasteiger partial charge in [-0.1, -0.05) is 12.1 Å². The van der Waals surface area contributed by atoms with E-state index in [1.165, 1.54) is 18.4 Å². The predicted molar refractivity (Wildman–Crippen MR) is 105 cm³/mol. The van der Waals surface area contributed by atoms with E-state index >= 15 is 0 Å². The van der Waals surface area contributed by atoms with Gasteiger partial charge < -0.3 is 19.3 Å². The summed E-state index contributed by atoms with van der Waals surface area (Å²) in [5, 5.41) is 0. The summed E-state index contributed by atoms with van der Waals surface area (Å²) in [5.41, 5.74) is 2.43. The number of hydrogen-bond donors (Lipinski definition) is 0. The summed E-state index contributed by atoms with van der Waals surface area (Å²) in [5.74, 6) is -0.366. The smallest absolute Gasteiger partial charge is 0.325 e. The lowest BCUT2D eigenvalue weighted by Gasteiger charge is -2.37. The van der Waals surface area contributed by atoms with E-state index < -0.39 is 6.04 Å². The molecule has 150 valence electrons. The first-order chi connectivity index (χ1) is 13.0. The van der Waals surface area contributed by atoms with E-state index in [-0.39, 0.29) is 25.0 Å². The number of nitrogens with zero attached hydrogens (tertiary/aromatic N) is 3. The van der Waals surface area contributed by atoms with Crippen molar-refractivity contribution in [2.24, 2.45) is 0 Å². The maximum absolute atomic E-state index is 12.7. The lowest BCUT2D eigenvalue weighted by Crippen LogP contribution is -2.53. The Morgan fingerprint density at radius 2 is 1.93 bits per heavy atom. The van der Waals surface area contributed by atoms with Gasteiger partial charge in [0, 0.05) is 38.5 Å². The monoisotopic (exact) mass is 377 g/mol. The van der Waals surface area contributed by atoms with Crippen LogP contribution in [0.15, 0.2) is 24.3 Å². The summed E-state index contributed by atoms with van der Waals surface area (Å²) in [4.78, 5) is 30.5. The number of piperazine rings is 1. The van der Waals surface area contributed by atoms with Crippen molar-refractivity contribution in [2.45, 2.75) is 19.9 Å². The molecule has 1 aliphatic rings. The summed E-state index contributed by atoms with van der Waals surface area (Å²) >= 11 is 0. The van der Waals surface area contributed by atoms with Gasteiger partial charge in [-0.05, 0) is 38.6 Å². The van der Waals surface area contributed by atoms with E-state index in [0.29, 0.717) is 19.7 Å². The molecule has 0 aromatic heterocycles. The summed E-state index contributed by atoms with van der Waals surface area (Å²) in [7, 11) is 3.10. The quantitative estimate of drug-likeness (QED) is 0.634. The van der Waals surface area contributed by atoms with Crippen molar-refractivity contribution in [2.75, 3.05) is 65.0 Å². The number of amides is 1. The summed E-state index contributed by atoms with van der Waals surface area (Å²) < 4.78 is 10.2. The second-order valence-corrected chi connectivity index (χ2v) is 6.82. The van der Waals surface area contributed by atoms with Gasteiger partial charge in [-0.25, -0.2) is 0 Å². The molecule has 1 fully saturated rings. The van der Waals surface area contributed by atoms with Gasteiger partial charge in [0.05, 0.1) is 20.3 Å². The van der Waals surface area contributed by atoms with Crippen LogP contribution in [0, 0.1) is 6.92 Å². The number of carbonyl (C=O) groups is 2. The molecule has 1 heterocycles. The molecule has 1 aliphatic heterocycles. The van der Waals surface area contributed by atoms with E-state index in [1.54, 1.807) is 11.9 Å². The third-order valence-corrected chi connectivity index (χ3v) is 4.87. The highest BCUT2D eigenvalue weighted by Gasteiger charge is 2.28. The van der Waals surface area contributed by atoms with Gasteiger partial charge in [0.15, 0.2) is 0 Å². The summed E-state index contributed by atoms with van der Waals surface area (Å²) in [6, 6.07) is 7.83. The number of methoxy groups -OCH3 is 1.